The topological polar surface area (TPSA) is 136 Å². The number of aryl methyl sites for hydroxylation is 1. The fourth-order valence-electron chi connectivity index (χ4n) is 3.66. The lowest BCUT2D eigenvalue weighted by atomic mass is 10.2. The van der Waals surface area contributed by atoms with Crippen LogP contribution in [0.25, 0.3) is 10.9 Å². The number of likely N-dealkylation sites (N-methyl/N-ethyl adjacent to an activating group) is 1. The Hall–Kier alpha value is -4.47. The quantitative estimate of drug-likeness (QED) is 0.466. The molecule has 2 heterocycles. The fourth-order valence-corrected chi connectivity index (χ4v) is 3.66. The molecule has 0 radical (unpaired) electrons. The van der Waals surface area contributed by atoms with E-state index >= 15 is 0 Å². The highest BCUT2D eigenvalue weighted by atomic mass is 16.2. The van der Waals surface area contributed by atoms with Gasteiger partial charge in [-0.2, -0.15) is 0 Å². The maximum Gasteiger partial charge on any atom is 0.330 e. The first-order valence-electron chi connectivity index (χ1n) is 10.2. The standard InChI is InChI=1S/C23H22N6O4/c1-14-25-17-11-7-6-10-16(17)22(32)28(14)13-18(30)27(2)19-20(24)29(23(33)26-21(19)31)12-15-8-4-3-5-9-15/h3-11H,12-13,24H2,1-2H3,(H,26,31,33). The fraction of sp³-hybridized carbons (Fsp3) is 0.174. The first kappa shape index (κ1) is 21.8. The van der Waals surface area contributed by atoms with Crippen LogP contribution < -0.4 is 27.4 Å². The molecule has 4 rings (SSSR count). The SMILES string of the molecule is Cc1nc2ccccc2c(=O)n1CC(=O)N(C)c1c(N)n(Cc2ccccc2)c(=O)[nH]c1=O. The molecule has 10 heteroatoms. The van der Waals surface area contributed by atoms with Crippen molar-refractivity contribution in [2.75, 3.05) is 17.7 Å². The molecule has 0 bridgehead atoms. The molecule has 2 aromatic heterocycles. The summed E-state index contributed by atoms with van der Waals surface area (Å²) in [5.41, 5.74) is 5.48. The summed E-state index contributed by atoms with van der Waals surface area (Å²) in [6, 6.07) is 15.9. The number of amides is 1. The van der Waals surface area contributed by atoms with Gasteiger partial charge in [0, 0.05) is 7.05 Å². The first-order chi connectivity index (χ1) is 15.8. The molecule has 10 nitrogen and oxygen atoms in total. The number of anilines is 2. The van der Waals surface area contributed by atoms with E-state index in [1.54, 1.807) is 31.2 Å². The van der Waals surface area contributed by atoms with Gasteiger partial charge in [0.2, 0.25) is 5.91 Å². The van der Waals surface area contributed by atoms with E-state index in [0.29, 0.717) is 16.7 Å². The summed E-state index contributed by atoms with van der Waals surface area (Å²) in [5.74, 6) is -0.361. The van der Waals surface area contributed by atoms with E-state index in [0.717, 1.165) is 10.5 Å². The van der Waals surface area contributed by atoms with Crippen molar-refractivity contribution in [2.45, 2.75) is 20.0 Å². The summed E-state index contributed by atoms with van der Waals surface area (Å²) < 4.78 is 2.43. The summed E-state index contributed by atoms with van der Waals surface area (Å²) in [6.07, 6.45) is 0. The second kappa shape index (κ2) is 8.58. The predicted octanol–water partition coefficient (Wildman–Crippen LogP) is 0.848. The van der Waals surface area contributed by atoms with Gasteiger partial charge in [0.15, 0.2) is 5.69 Å². The van der Waals surface area contributed by atoms with Crippen molar-refractivity contribution in [3.05, 3.63) is 97.2 Å². The van der Waals surface area contributed by atoms with Gasteiger partial charge in [-0.15, -0.1) is 0 Å². The zero-order chi connectivity index (χ0) is 23.7. The highest BCUT2D eigenvalue weighted by Gasteiger charge is 2.22. The van der Waals surface area contributed by atoms with Crippen molar-refractivity contribution in [3.63, 3.8) is 0 Å². The molecule has 1 amide bonds. The minimum atomic E-state index is -0.793. The van der Waals surface area contributed by atoms with E-state index in [4.69, 9.17) is 5.73 Å². The van der Waals surface area contributed by atoms with E-state index in [-0.39, 0.29) is 30.2 Å². The molecule has 0 atom stereocenters. The number of rotatable bonds is 5. The Kier molecular flexibility index (Phi) is 5.65. The average molecular weight is 446 g/mol. The van der Waals surface area contributed by atoms with Crippen LogP contribution in [0.15, 0.2) is 69.0 Å². The van der Waals surface area contributed by atoms with E-state index in [2.05, 4.69) is 9.97 Å². The van der Waals surface area contributed by atoms with Gasteiger partial charge >= 0.3 is 5.69 Å². The Bertz CT molecular complexity index is 1540. The third kappa shape index (κ3) is 4.05. The summed E-state index contributed by atoms with van der Waals surface area (Å²) in [7, 11) is 1.37. The third-order valence-electron chi connectivity index (χ3n) is 5.45. The van der Waals surface area contributed by atoms with Gasteiger partial charge in [0.05, 0.1) is 17.4 Å². The average Bonchev–Trinajstić information content (AvgIpc) is 2.79. The monoisotopic (exact) mass is 446 g/mol. The Morgan fingerprint density at radius 2 is 1.70 bits per heavy atom. The van der Waals surface area contributed by atoms with Crippen LogP contribution in [0.3, 0.4) is 0 Å². The van der Waals surface area contributed by atoms with E-state index in [9.17, 15) is 19.2 Å². The molecule has 0 spiro atoms. The summed E-state index contributed by atoms with van der Waals surface area (Å²) in [4.78, 5) is 58.5. The van der Waals surface area contributed by atoms with Gasteiger partial charge < -0.3 is 10.6 Å². The van der Waals surface area contributed by atoms with E-state index in [1.807, 2.05) is 30.3 Å². The molecule has 0 saturated carbocycles. The van der Waals surface area contributed by atoms with Gasteiger partial charge in [-0.1, -0.05) is 42.5 Å². The van der Waals surface area contributed by atoms with Crippen molar-refractivity contribution in [3.8, 4) is 0 Å². The second-order valence-corrected chi connectivity index (χ2v) is 7.59. The molecule has 3 N–H and O–H groups in total. The molecule has 0 fully saturated rings. The lowest BCUT2D eigenvalue weighted by Gasteiger charge is -2.21. The molecule has 0 aliphatic heterocycles. The lowest BCUT2D eigenvalue weighted by molar-refractivity contribution is -0.119. The van der Waals surface area contributed by atoms with Crippen molar-refractivity contribution in [1.82, 2.24) is 19.1 Å². The number of nitrogens with two attached hydrogens (primary N) is 1. The molecule has 0 unspecified atom stereocenters. The maximum atomic E-state index is 13.1. The van der Waals surface area contributed by atoms with Crippen LogP contribution in [0, 0.1) is 6.92 Å². The van der Waals surface area contributed by atoms with Crippen LogP contribution in [-0.4, -0.2) is 32.1 Å². The molecular formula is C23H22N6O4. The van der Waals surface area contributed by atoms with Crippen molar-refractivity contribution < 1.29 is 4.79 Å². The van der Waals surface area contributed by atoms with Crippen molar-refractivity contribution >= 4 is 28.3 Å². The normalized spacial score (nSPS) is 11.0. The number of carbonyl (C=O) groups excluding carboxylic acids is 1. The molecule has 0 aliphatic carbocycles. The van der Waals surface area contributed by atoms with Crippen LogP contribution in [0.1, 0.15) is 11.4 Å². The van der Waals surface area contributed by atoms with Crippen LogP contribution in [-0.2, 0) is 17.9 Å². The zero-order valence-electron chi connectivity index (χ0n) is 18.1. The third-order valence-corrected chi connectivity index (χ3v) is 5.45. The van der Waals surface area contributed by atoms with Crippen LogP contribution in [0.5, 0.6) is 0 Å². The number of aromatic amines is 1. The molecule has 0 aliphatic rings. The molecular weight excluding hydrogens is 424 g/mol. The lowest BCUT2D eigenvalue weighted by Crippen LogP contribution is -2.41. The molecule has 4 aromatic rings. The van der Waals surface area contributed by atoms with Gasteiger partial charge in [0.1, 0.15) is 18.2 Å². The zero-order valence-corrected chi connectivity index (χ0v) is 18.1. The van der Waals surface area contributed by atoms with Gasteiger partial charge in [-0.3, -0.25) is 28.5 Å². The summed E-state index contributed by atoms with van der Waals surface area (Å²) in [5, 5.41) is 0.382. The number of H-pyrrole nitrogens is 1. The number of para-hydroxylation sites is 1. The number of fused-ring (bicyclic) bond motifs is 1. The second-order valence-electron chi connectivity index (χ2n) is 7.59. The molecule has 168 valence electrons. The first-order valence-corrected chi connectivity index (χ1v) is 10.2. The molecule has 33 heavy (non-hydrogen) atoms. The molecule has 0 saturated heterocycles. The minimum absolute atomic E-state index is 0.116. The number of hydrogen-bond donors (Lipinski definition) is 2. The number of carbonyl (C=O) groups is 1. The van der Waals surface area contributed by atoms with Crippen LogP contribution in [0.4, 0.5) is 11.5 Å². The summed E-state index contributed by atoms with van der Waals surface area (Å²) >= 11 is 0. The van der Waals surface area contributed by atoms with E-state index < -0.39 is 17.2 Å². The van der Waals surface area contributed by atoms with E-state index in [1.165, 1.54) is 16.2 Å². The number of benzene rings is 2. The minimum Gasteiger partial charge on any atom is -0.383 e. The number of nitrogen functional groups attached to an aromatic ring is 1. The Morgan fingerprint density at radius 1 is 1.03 bits per heavy atom. The number of nitrogens with one attached hydrogen (secondary N) is 1. The van der Waals surface area contributed by atoms with Crippen LogP contribution in [0.2, 0.25) is 0 Å². The Morgan fingerprint density at radius 3 is 2.42 bits per heavy atom. The summed E-state index contributed by atoms with van der Waals surface area (Å²) in [6.45, 7) is 1.39. The van der Waals surface area contributed by atoms with Crippen molar-refractivity contribution in [1.29, 1.82) is 0 Å². The number of nitrogens with zero attached hydrogens (tertiary/aromatic N) is 4. The predicted molar refractivity (Wildman–Crippen MR) is 125 cm³/mol. The highest BCUT2D eigenvalue weighted by Crippen LogP contribution is 2.17. The highest BCUT2D eigenvalue weighted by molar-refractivity contribution is 5.95. The smallest absolute Gasteiger partial charge is 0.330 e. The van der Waals surface area contributed by atoms with Gasteiger partial charge in [0.25, 0.3) is 11.1 Å². The number of hydrogen-bond acceptors (Lipinski definition) is 6. The maximum absolute atomic E-state index is 13.1. The largest absolute Gasteiger partial charge is 0.383 e. The Balaban J connectivity index is 1.71. The Labute approximate surface area is 187 Å². The van der Waals surface area contributed by atoms with Gasteiger partial charge in [-0.25, -0.2) is 9.78 Å². The van der Waals surface area contributed by atoms with Gasteiger partial charge in [-0.05, 0) is 24.6 Å². The molecule has 2 aromatic carbocycles. The van der Waals surface area contributed by atoms with Crippen LogP contribution >= 0.6 is 0 Å². The number of aromatic nitrogens is 4. The van der Waals surface area contributed by atoms with Crippen molar-refractivity contribution in [2.24, 2.45) is 0 Å².